The van der Waals surface area contributed by atoms with E-state index < -0.39 is 6.61 Å². The molecule has 0 radical (unpaired) electrons. The van der Waals surface area contributed by atoms with Gasteiger partial charge in [-0.25, -0.2) is 0 Å². The molecule has 0 fully saturated rings. The first-order chi connectivity index (χ1) is 6.54. The van der Waals surface area contributed by atoms with Gasteiger partial charge in [-0.05, 0) is 24.1 Å². The number of benzene rings is 1. The van der Waals surface area contributed by atoms with Crippen LogP contribution in [0.15, 0.2) is 21.1 Å². The first-order valence-corrected chi connectivity index (χ1v) is 5.56. The number of hydrogen-bond acceptors (Lipinski definition) is 1. The van der Waals surface area contributed by atoms with E-state index in [9.17, 15) is 8.78 Å². The molecule has 1 aromatic rings. The summed E-state index contributed by atoms with van der Waals surface area (Å²) >= 11 is 6.59. The number of hydrogen-bond donors (Lipinski definition) is 0. The van der Waals surface area contributed by atoms with Crippen molar-refractivity contribution in [1.29, 1.82) is 0 Å². The zero-order chi connectivity index (χ0) is 10.7. The smallest absolute Gasteiger partial charge is 0.387 e. The molecular formula is C9H8Br2F2O. The van der Waals surface area contributed by atoms with Crippen LogP contribution >= 0.6 is 31.9 Å². The second kappa shape index (κ2) is 5.07. The summed E-state index contributed by atoms with van der Waals surface area (Å²) in [7, 11) is 0. The van der Waals surface area contributed by atoms with Crippen molar-refractivity contribution < 1.29 is 13.5 Å². The molecule has 0 aliphatic rings. The minimum atomic E-state index is -2.79. The fraction of sp³-hybridized carbons (Fsp3) is 0.333. The maximum atomic E-state index is 11.9. The van der Waals surface area contributed by atoms with Gasteiger partial charge in [0.15, 0.2) is 0 Å². The van der Waals surface area contributed by atoms with Gasteiger partial charge in [0.1, 0.15) is 5.75 Å². The zero-order valence-corrected chi connectivity index (χ0v) is 10.5. The van der Waals surface area contributed by atoms with Crippen molar-refractivity contribution in [2.45, 2.75) is 20.0 Å². The van der Waals surface area contributed by atoms with E-state index in [4.69, 9.17) is 0 Å². The molecule has 0 saturated heterocycles. The molecule has 14 heavy (non-hydrogen) atoms. The lowest BCUT2D eigenvalue weighted by Crippen LogP contribution is -2.02. The van der Waals surface area contributed by atoms with Crippen LogP contribution in [0.3, 0.4) is 0 Å². The molecule has 0 heterocycles. The van der Waals surface area contributed by atoms with Crippen LogP contribution in [0.2, 0.25) is 0 Å². The Morgan fingerprint density at radius 3 is 2.14 bits per heavy atom. The van der Waals surface area contributed by atoms with Gasteiger partial charge in [-0.3, -0.25) is 0 Å². The summed E-state index contributed by atoms with van der Waals surface area (Å²) in [6, 6.07) is 3.07. The Labute approximate surface area is 97.7 Å². The normalized spacial score (nSPS) is 10.7. The maximum Gasteiger partial charge on any atom is 0.387 e. The summed E-state index contributed by atoms with van der Waals surface area (Å²) in [5.74, 6) is 0.149. The highest BCUT2D eigenvalue weighted by Crippen LogP contribution is 2.31. The number of halogens is 4. The van der Waals surface area contributed by atoms with Crippen LogP contribution < -0.4 is 4.74 Å². The van der Waals surface area contributed by atoms with Crippen molar-refractivity contribution >= 4 is 31.9 Å². The Morgan fingerprint density at radius 1 is 1.29 bits per heavy atom. The number of ether oxygens (including phenoxy) is 1. The second-order valence-electron chi connectivity index (χ2n) is 2.60. The van der Waals surface area contributed by atoms with Gasteiger partial charge in [-0.2, -0.15) is 8.78 Å². The van der Waals surface area contributed by atoms with E-state index in [1.54, 1.807) is 0 Å². The molecule has 1 rings (SSSR count). The third kappa shape index (κ3) is 2.92. The van der Waals surface area contributed by atoms with E-state index >= 15 is 0 Å². The van der Waals surface area contributed by atoms with E-state index in [1.165, 1.54) is 12.1 Å². The van der Waals surface area contributed by atoms with Crippen LogP contribution in [0.1, 0.15) is 12.5 Å². The summed E-state index contributed by atoms with van der Waals surface area (Å²) in [6.07, 6.45) is 0.816. The predicted octanol–water partition coefficient (Wildman–Crippen LogP) is 4.38. The van der Waals surface area contributed by atoms with Crippen LogP contribution in [0.5, 0.6) is 5.75 Å². The fourth-order valence-corrected chi connectivity index (χ4v) is 2.79. The molecule has 0 N–H and O–H groups in total. The van der Waals surface area contributed by atoms with Crippen molar-refractivity contribution in [2.24, 2.45) is 0 Å². The Bertz CT molecular complexity index is 306. The summed E-state index contributed by atoms with van der Waals surface area (Å²) in [5.41, 5.74) is 1.03. The number of rotatable bonds is 3. The standard InChI is InChI=1S/C9H8Br2F2O/c1-2-6-7(10)3-5(4-8(6)11)14-9(12)13/h3-4,9H,2H2,1H3. The SMILES string of the molecule is CCc1c(Br)cc(OC(F)F)cc1Br. The lowest BCUT2D eigenvalue weighted by molar-refractivity contribution is -0.0499. The van der Waals surface area contributed by atoms with Gasteiger partial charge in [-0.15, -0.1) is 0 Å². The van der Waals surface area contributed by atoms with Crippen LogP contribution in [-0.2, 0) is 6.42 Å². The number of alkyl halides is 2. The average molecular weight is 330 g/mol. The van der Waals surface area contributed by atoms with Gasteiger partial charge in [0.25, 0.3) is 0 Å². The Balaban J connectivity index is 3.01. The first kappa shape index (κ1) is 11.9. The summed E-state index contributed by atoms with van der Waals surface area (Å²) in [5, 5.41) is 0. The molecular weight excluding hydrogens is 322 g/mol. The van der Waals surface area contributed by atoms with Crippen LogP contribution in [0.25, 0.3) is 0 Å². The highest BCUT2D eigenvalue weighted by Gasteiger charge is 2.09. The highest BCUT2D eigenvalue weighted by atomic mass is 79.9. The third-order valence-electron chi connectivity index (χ3n) is 1.69. The van der Waals surface area contributed by atoms with Crippen molar-refractivity contribution in [3.05, 3.63) is 26.6 Å². The monoisotopic (exact) mass is 328 g/mol. The van der Waals surface area contributed by atoms with Crippen LogP contribution in [0, 0.1) is 0 Å². The molecule has 0 amide bonds. The minimum absolute atomic E-state index is 0.149. The third-order valence-corrected chi connectivity index (χ3v) is 3.11. The van der Waals surface area contributed by atoms with Gasteiger partial charge < -0.3 is 4.74 Å². The molecule has 1 nitrogen and oxygen atoms in total. The topological polar surface area (TPSA) is 9.23 Å². The Morgan fingerprint density at radius 2 is 1.79 bits per heavy atom. The molecule has 0 aliphatic carbocycles. The van der Waals surface area contributed by atoms with Gasteiger partial charge >= 0.3 is 6.61 Å². The Hall–Kier alpha value is -0.160. The minimum Gasteiger partial charge on any atom is -0.435 e. The van der Waals surface area contributed by atoms with Crippen LogP contribution in [-0.4, -0.2) is 6.61 Å². The van der Waals surface area contributed by atoms with Gasteiger partial charge in [0.2, 0.25) is 0 Å². The van der Waals surface area contributed by atoms with Crippen molar-refractivity contribution in [3.63, 3.8) is 0 Å². The van der Waals surface area contributed by atoms with E-state index in [0.29, 0.717) is 0 Å². The quantitative estimate of drug-likeness (QED) is 0.799. The molecule has 0 spiro atoms. The molecule has 0 bridgehead atoms. The first-order valence-electron chi connectivity index (χ1n) is 3.97. The summed E-state index contributed by atoms with van der Waals surface area (Å²) in [4.78, 5) is 0. The molecule has 0 aliphatic heterocycles. The molecule has 0 aromatic heterocycles. The molecule has 0 unspecified atom stereocenters. The van der Waals surface area contributed by atoms with Gasteiger partial charge in [-0.1, -0.05) is 38.8 Å². The van der Waals surface area contributed by atoms with Crippen molar-refractivity contribution in [1.82, 2.24) is 0 Å². The molecule has 78 valence electrons. The summed E-state index contributed by atoms with van der Waals surface area (Å²) in [6.45, 7) is -0.806. The van der Waals surface area contributed by atoms with E-state index in [-0.39, 0.29) is 5.75 Å². The lowest BCUT2D eigenvalue weighted by atomic mass is 10.2. The van der Waals surface area contributed by atoms with Crippen molar-refractivity contribution in [3.8, 4) is 5.75 Å². The lowest BCUT2D eigenvalue weighted by Gasteiger charge is -2.09. The van der Waals surface area contributed by atoms with Gasteiger partial charge in [0.05, 0.1) is 0 Å². The molecule has 1 aromatic carbocycles. The zero-order valence-electron chi connectivity index (χ0n) is 7.36. The Kier molecular flexibility index (Phi) is 4.31. The van der Waals surface area contributed by atoms with Crippen molar-refractivity contribution in [2.75, 3.05) is 0 Å². The maximum absolute atomic E-state index is 11.9. The average Bonchev–Trinajstić information content (AvgIpc) is 2.01. The second-order valence-corrected chi connectivity index (χ2v) is 4.31. The van der Waals surface area contributed by atoms with E-state index in [2.05, 4.69) is 36.6 Å². The predicted molar refractivity (Wildman–Crippen MR) is 57.9 cm³/mol. The largest absolute Gasteiger partial charge is 0.435 e. The van der Waals surface area contributed by atoms with E-state index in [1.807, 2.05) is 6.92 Å². The fourth-order valence-electron chi connectivity index (χ4n) is 1.09. The van der Waals surface area contributed by atoms with Gasteiger partial charge in [0, 0.05) is 8.95 Å². The molecule has 5 heteroatoms. The highest BCUT2D eigenvalue weighted by molar-refractivity contribution is 9.11. The van der Waals surface area contributed by atoms with E-state index in [0.717, 1.165) is 20.9 Å². The summed E-state index contributed by atoms with van der Waals surface area (Å²) < 4.78 is 29.6. The molecule has 0 atom stereocenters. The van der Waals surface area contributed by atoms with Crippen LogP contribution in [0.4, 0.5) is 8.78 Å². The molecule has 0 saturated carbocycles.